The van der Waals surface area contributed by atoms with Crippen LogP contribution in [-0.2, 0) is 15.1 Å². The fraction of sp³-hybridized carbons (Fsp3) is 0.353. The number of carbonyl (C=O) groups is 3. The number of nitrogens with one attached hydrogen (secondary N) is 5. The molecular weight excluding hydrogens is 696 g/mol. The van der Waals surface area contributed by atoms with E-state index in [4.69, 9.17) is 16.3 Å². The third kappa shape index (κ3) is 10.4. The molecule has 1 fully saturated rings. The zero-order valence-corrected chi connectivity index (χ0v) is 28.5. The second-order valence-electron chi connectivity index (χ2n) is 12.9. The van der Waals surface area contributed by atoms with E-state index in [0.717, 1.165) is 18.4 Å². The van der Waals surface area contributed by atoms with Crippen LogP contribution in [0.5, 0.6) is 6.01 Å². The maximum atomic E-state index is 13.4. The molecule has 0 saturated heterocycles. The van der Waals surface area contributed by atoms with Crippen molar-refractivity contribution in [2.24, 2.45) is 5.92 Å². The topological polar surface area (TPSA) is 159 Å². The summed E-state index contributed by atoms with van der Waals surface area (Å²) in [7, 11) is 0. The Morgan fingerprint density at radius 2 is 1.61 bits per heavy atom. The van der Waals surface area contributed by atoms with Gasteiger partial charge in [-0.3, -0.25) is 14.4 Å². The van der Waals surface area contributed by atoms with Gasteiger partial charge in [-0.2, -0.15) is 28.1 Å². The van der Waals surface area contributed by atoms with E-state index in [1.807, 2.05) is 12.1 Å². The van der Waals surface area contributed by atoms with Gasteiger partial charge in [0.1, 0.15) is 5.83 Å². The van der Waals surface area contributed by atoms with E-state index in [1.54, 1.807) is 32.9 Å². The second-order valence-corrected chi connectivity index (χ2v) is 13.3. The number of nitrogens with zero attached hydrogens (tertiary/aromatic N) is 3. The van der Waals surface area contributed by atoms with Gasteiger partial charge in [-0.15, -0.1) is 0 Å². The molecule has 3 amide bonds. The molecule has 0 aliphatic heterocycles. The number of ether oxygens (including phenoxy) is 1. The Balaban J connectivity index is 1.19. The maximum Gasteiger partial charge on any atom is 0.422 e. The zero-order chi connectivity index (χ0) is 37.0. The SMILES string of the molecule is CC1CC(F)=CC=C1NC(=O)C(=O)NC(C)(C)CNC(=O)c1ccc(Nc2nc(NC3(c4ccc(Cl)cc4)CC3)nc(OCC(F)(F)F)n2)cc1. The molecule has 51 heavy (non-hydrogen) atoms. The van der Waals surface area contributed by atoms with Gasteiger partial charge in [0.05, 0.1) is 11.1 Å². The number of aromatic nitrogens is 3. The molecule has 0 radical (unpaired) electrons. The van der Waals surface area contributed by atoms with Crippen molar-refractivity contribution < 1.29 is 36.7 Å². The summed E-state index contributed by atoms with van der Waals surface area (Å²) in [5.41, 5.74) is 0.433. The Morgan fingerprint density at radius 1 is 0.941 bits per heavy atom. The van der Waals surface area contributed by atoms with E-state index in [1.165, 1.54) is 36.4 Å². The van der Waals surface area contributed by atoms with Crippen molar-refractivity contribution in [1.29, 1.82) is 0 Å². The number of carbonyl (C=O) groups excluding carboxylic acids is 3. The molecule has 0 bridgehead atoms. The summed E-state index contributed by atoms with van der Waals surface area (Å²) in [6.45, 7) is 3.33. The van der Waals surface area contributed by atoms with Gasteiger partial charge in [0, 0.05) is 40.9 Å². The Morgan fingerprint density at radius 3 is 2.24 bits per heavy atom. The highest BCUT2D eigenvalue weighted by Gasteiger charge is 2.45. The molecule has 2 aromatic carbocycles. The first kappa shape index (κ1) is 37.0. The Labute approximate surface area is 295 Å². The van der Waals surface area contributed by atoms with E-state index in [-0.39, 0.29) is 42.2 Å². The van der Waals surface area contributed by atoms with Crippen LogP contribution in [0.15, 0.2) is 72.2 Å². The van der Waals surface area contributed by atoms with Gasteiger partial charge in [0.2, 0.25) is 11.9 Å². The minimum Gasteiger partial charge on any atom is -0.454 e. The standard InChI is InChI=1S/C34H35ClF4N8O4/c1-19-16-23(36)10-13-25(19)42-27(49)28(50)46-32(2,3)17-40-26(48)20-4-11-24(12-5-20)41-29-43-30(45-31(44-29)51-18-34(37,38)39)47-33(14-15-33)21-6-8-22(35)9-7-21/h4-13,19H,14-18H2,1-3H3,(H,40,48)(H,42,49)(H,46,50)(H2,41,43,44,45,47). The third-order valence-corrected chi connectivity index (χ3v) is 8.22. The monoisotopic (exact) mass is 730 g/mol. The average Bonchev–Trinajstić information content (AvgIpc) is 3.84. The minimum atomic E-state index is -4.62. The van der Waals surface area contributed by atoms with E-state index in [9.17, 15) is 31.9 Å². The lowest BCUT2D eigenvalue weighted by molar-refractivity contribution is -0.154. The van der Waals surface area contributed by atoms with Crippen LogP contribution in [0.1, 0.15) is 56.0 Å². The molecule has 2 aliphatic carbocycles. The van der Waals surface area contributed by atoms with Gasteiger partial charge in [-0.1, -0.05) is 30.7 Å². The summed E-state index contributed by atoms with van der Waals surface area (Å²) in [6, 6.07) is 12.7. The Bertz CT molecular complexity index is 1850. The second kappa shape index (κ2) is 14.9. The zero-order valence-electron chi connectivity index (χ0n) is 27.8. The molecule has 3 aromatic rings. The number of allylic oxidation sites excluding steroid dienone is 4. The van der Waals surface area contributed by atoms with E-state index in [0.29, 0.717) is 16.4 Å². The summed E-state index contributed by atoms with van der Waals surface area (Å²) >= 11 is 6.02. The summed E-state index contributed by atoms with van der Waals surface area (Å²) in [6.07, 6.45) is -0.403. The number of hydrogen-bond donors (Lipinski definition) is 5. The lowest BCUT2D eigenvalue weighted by Crippen LogP contribution is -2.55. The Hall–Kier alpha value is -5.25. The number of anilines is 3. The molecule has 270 valence electrons. The minimum absolute atomic E-state index is 0.00603. The normalized spacial score (nSPS) is 16.6. The number of alkyl halides is 3. The van der Waals surface area contributed by atoms with Crippen LogP contribution in [0, 0.1) is 5.92 Å². The van der Waals surface area contributed by atoms with Crippen LogP contribution in [0.4, 0.5) is 35.1 Å². The molecule has 1 atom stereocenters. The number of rotatable bonds is 12. The van der Waals surface area contributed by atoms with Gasteiger partial charge in [-0.05, 0) is 80.8 Å². The first-order valence-electron chi connectivity index (χ1n) is 15.8. The van der Waals surface area contributed by atoms with Gasteiger partial charge in [0.25, 0.3) is 5.91 Å². The first-order chi connectivity index (χ1) is 24.0. The van der Waals surface area contributed by atoms with Crippen molar-refractivity contribution in [3.05, 3.63) is 88.4 Å². The average molecular weight is 731 g/mol. The van der Waals surface area contributed by atoms with Crippen LogP contribution in [0.2, 0.25) is 5.02 Å². The summed E-state index contributed by atoms with van der Waals surface area (Å²) in [5, 5.41) is 14.4. The number of halogens is 5. The summed E-state index contributed by atoms with van der Waals surface area (Å²) in [4.78, 5) is 50.2. The van der Waals surface area contributed by atoms with Crippen molar-refractivity contribution >= 4 is 46.9 Å². The molecule has 5 N–H and O–H groups in total. The highest BCUT2D eigenvalue weighted by molar-refractivity contribution is 6.35. The summed E-state index contributed by atoms with van der Waals surface area (Å²) < 4.78 is 57.0. The van der Waals surface area contributed by atoms with E-state index >= 15 is 0 Å². The van der Waals surface area contributed by atoms with Crippen LogP contribution in [0.25, 0.3) is 0 Å². The number of amides is 3. The number of benzene rings is 2. The number of hydrogen-bond acceptors (Lipinski definition) is 9. The Kier molecular flexibility index (Phi) is 10.8. The van der Waals surface area contributed by atoms with Crippen molar-refractivity contribution in [3.8, 4) is 6.01 Å². The quantitative estimate of drug-likeness (QED) is 0.114. The molecular formula is C34H35ClF4N8O4. The highest BCUT2D eigenvalue weighted by atomic mass is 35.5. The molecule has 12 nitrogen and oxygen atoms in total. The van der Waals surface area contributed by atoms with E-state index < -0.39 is 47.6 Å². The molecule has 2 aliphatic rings. The fourth-order valence-electron chi connectivity index (χ4n) is 5.09. The van der Waals surface area contributed by atoms with Crippen LogP contribution < -0.4 is 31.3 Å². The van der Waals surface area contributed by atoms with Crippen LogP contribution >= 0.6 is 11.6 Å². The van der Waals surface area contributed by atoms with Gasteiger partial charge < -0.3 is 31.3 Å². The molecule has 1 aromatic heterocycles. The predicted octanol–water partition coefficient (Wildman–Crippen LogP) is 5.83. The molecule has 17 heteroatoms. The van der Waals surface area contributed by atoms with Gasteiger partial charge in [-0.25, -0.2) is 4.39 Å². The summed E-state index contributed by atoms with van der Waals surface area (Å²) in [5.74, 6) is -3.05. The molecule has 5 rings (SSSR count). The largest absolute Gasteiger partial charge is 0.454 e. The first-order valence-corrected chi connectivity index (χ1v) is 16.2. The maximum absolute atomic E-state index is 13.4. The van der Waals surface area contributed by atoms with Gasteiger partial charge in [0.15, 0.2) is 6.61 Å². The lowest BCUT2D eigenvalue weighted by atomic mass is 9.98. The molecule has 0 spiro atoms. The van der Waals surface area contributed by atoms with Crippen molar-refractivity contribution in [1.82, 2.24) is 30.9 Å². The smallest absolute Gasteiger partial charge is 0.422 e. The van der Waals surface area contributed by atoms with Crippen LogP contribution in [0.3, 0.4) is 0 Å². The fourth-order valence-corrected chi connectivity index (χ4v) is 5.21. The predicted molar refractivity (Wildman–Crippen MR) is 181 cm³/mol. The van der Waals surface area contributed by atoms with Crippen LogP contribution in [-0.4, -0.2) is 57.5 Å². The highest BCUT2D eigenvalue weighted by Crippen LogP contribution is 2.48. The van der Waals surface area contributed by atoms with Crippen molar-refractivity contribution in [3.63, 3.8) is 0 Å². The molecule has 1 unspecified atom stereocenters. The van der Waals surface area contributed by atoms with Crippen molar-refractivity contribution in [2.45, 2.75) is 57.3 Å². The lowest BCUT2D eigenvalue weighted by Gasteiger charge is -2.27. The van der Waals surface area contributed by atoms with Crippen molar-refractivity contribution in [2.75, 3.05) is 23.8 Å². The molecule has 1 heterocycles. The third-order valence-electron chi connectivity index (χ3n) is 7.96. The van der Waals surface area contributed by atoms with Gasteiger partial charge >= 0.3 is 24.0 Å². The van der Waals surface area contributed by atoms with E-state index in [2.05, 4.69) is 41.5 Å². The molecule has 1 saturated carbocycles.